The molecule has 0 N–H and O–H groups in total. The average molecular weight is 307 g/mol. The van der Waals surface area contributed by atoms with E-state index in [4.69, 9.17) is 4.74 Å². The molecule has 0 saturated carbocycles. The first-order chi connectivity index (χ1) is 11.2. The third-order valence-electron chi connectivity index (χ3n) is 4.46. The van der Waals surface area contributed by atoms with Crippen molar-refractivity contribution < 1.29 is 9.13 Å². The van der Waals surface area contributed by atoms with E-state index in [1.807, 2.05) is 30.3 Å². The topological polar surface area (TPSA) is 17.4 Å². The van der Waals surface area contributed by atoms with Crippen molar-refractivity contribution in [3.8, 4) is 11.4 Å². The van der Waals surface area contributed by atoms with Crippen molar-refractivity contribution in [1.82, 2.24) is 4.57 Å². The van der Waals surface area contributed by atoms with E-state index in [0.29, 0.717) is 0 Å². The van der Waals surface area contributed by atoms with E-state index < -0.39 is 0 Å². The van der Waals surface area contributed by atoms with Gasteiger partial charge in [-0.1, -0.05) is 12.1 Å². The molecule has 1 aromatic heterocycles. The number of fused-ring (bicyclic) bond motifs is 3. The minimum atomic E-state index is -0.218. The lowest BCUT2D eigenvalue weighted by molar-refractivity contribution is 0.414. The van der Waals surface area contributed by atoms with Crippen molar-refractivity contribution >= 4 is 5.69 Å². The van der Waals surface area contributed by atoms with Gasteiger partial charge >= 0.3 is 0 Å². The highest BCUT2D eigenvalue weighted by molar-refractivity contribution is 5.70. The van der Waals surface area contributed by atoms with Crippen LogP contribution in [0, 0.1) is 5.82 Å². The van der Waals surface area contributed by atoms with Crippen molar-refractivity contribution in [2.45, 2.75) is 6.04 Å². The third-order valence-corrected chi connectivity index (χ3v) is 4.46. The molecule has 1 aliphatic heterocycles. The number of ether oxygens (including phenoxy) is 1. The van der Waals surface area contributed by atoms with Gasteiger partial charge in [-0.15, -0.1) is 0 Å². The van der Waals surface area contributed by atoms with Crippen LogP contribution in [0.2, 0.25) is 0 Å². The van der Waals surface area contributed by atoms with Crippen LogP contribution in [0.3, 0.4) is 0 Å². The molecule has 116 valence electrons. The number of halogens is 1. The Morgan fingerprint density at radius 2 is 1.78 bits per heavy atom. The Morgan fingerprint density at radius 3 is 2.52 bits per heavy atom. The van der Waals surface area contributed by atoms with E-state index in [1.54, 1.807) is 7.11 Å². The van der Waals surface area contributed by atoms with Gasteiger partial charge in [-0.3, -0.25) is 0 Å². The van der Waals surface area contributed by atoms with Gasteiger partial charge in [0.1, 0.15) is 11.6 Å². The van der Waals surface area contributed by atoms with E-state index in [9.17, 15) is 4.39 Å². The van der Waals surface area contributed by atoms with Crippen LogP contribution in [0.5, 0.6) is 5.75 Å². The first kappa shape index (κ1) is 13.9. The number of rotatable bonds is 2. The number of hydrogen-bond donors (Lipinski definition) is 0. The van der Waals surface area contributed by atoms with Crippen molar-refractivity contribution in [1.29, 1.82) is 0 Å². The molecule has 1 aliphatic rings. The Balaban J connectivity index is 1.91. The van der Waals surface area contributed by atoms with Gasteiger partial charge in [-0.2, -0.15) is 0 Å². The smallest absolute Gasteiger partial charge is 0.123 e. The van der Waals surface area contributed by atoms with Crippen LogP contribution in [-0.2, 0) is 0 Å². The fraction of sp³-hybridized carbons (Fsp3) is 0.158. The quantitative estimate of drug-likeness (QED) is 0.707. The Bertz CT molecular complexity index is 854. The Labute approximate surface area is 134 Å². The number of aromatic nitrogens is 1. The lowest BCUT2D eigenvalue weighted by atomic mass is 9.98. The molecule has 1 unspecified atom stereocenters. The number of anilines is 1. The van der Waals surface area contributed by atoms with Crippen LogP contribution in [0.25, 0.3) is 5.69 Å². The van der Waals surface area contributed by atoms with Crippen molar-refractivity contribution in [3.05, 3.63) is 77.9 Å². The van der Waals surface area contributed by atoms with Crippen LogP contribution in [0.1, 0.15) is 17.3 Å². The molecule has 4 heteroatoms. The maximum Gasteiger partial charge on any atom is 0.123 e. The number of hydrogen-bond acceptors (Lipinski definition) is 2. The maximum atomic E-state index is 13.3. The molecule has 2 heterocycles. The van der Waals surface area contributed by atoms with Crippen molar-refractivity contribution in [2.75, 3.05) is 19.1 Å². The monoisotopic (exact) mass is 307 g/mol. The van der Waals surface area contributed by atoms with Gasteiger partial charge in [-0.25, -0.2) is 4.39 Å². The maximum absolute atomic E-state index is 13.3. The molecule has 0 aliphatic carbocycles. The molecule has 0 spiro atoms. The summed E-state index contributed by atoms with van der Waals surface area (Å²) in [5.41, 5.74) is 4.42. The second-order valence-electron chi connectivity index (χ2n) is 5.72. The van der Waals surface area contributed by atoms with Crippen LogP contribution in [-0.4, -0.2) is 18.7 Å². The van der Waals surface area contributed by atoms with Crippen LogP contribution in [0.4, 0.5) is 10.1 Å². The standard InChI is InChI=1S/C19H17FN2O/c1-21-18-12-15(23-2)9-10-16(18)22-11-3-4-17(22)19(21)13-5-7-14(20)8-6-13/h3-12,19H,1-2H3/i20-1. The normalized spacial score (nSPS) is 16.0. The molecule has 0 fully saturated rings. The van der Waals surface area contributed by atoms with Crippen molar-refractivity contribution in [3.63, 3.8) is 0 Å². The summed E-state index contributed by atoms with van der Waals surface area (Å²) in [4.78, 5) is 2.21. The highest BCUT2D eigenvalue weighted by Gasteiger charge is 2.30. The predicted molar refractivity (Wildman–Crippen MR) is 89.0 cm³/mol. The lowest BCUT2D eigenvalue weighted by Gasteiger charge is -2.37. The van der Waals surface area contributed by atoms with Gasteiger partial charge in [0.15, 0.2) is 0 Å². The molecule has 23 heavy (non-hydrogen) atoms. The van der Waals surface area contributed by atoms with Gasteiger partial charge in [0, 0.05) is 25.0 Å². The molecule has 3 nitrogen and oxygen atoms in total. The number of nitrogens with zero attached hydrogens (tertiary/aromatic N) is 2. The summed E-state index contributed by atoms with van der Waals surface area (Å²) >= 11 is 0. The fourth-order valence-corrected chi connectivity index (χ4v) is 3.33. The second-order valence-corrected chi connectivity index (χ2v) is 5.72. The molecule has 0 radical (unpaired) electrons. The Kier molecular flexibility index (Phi) is 3.11. The highest BCUT2D eigenvalue weighted by atomic mass is 18.2. The largest absolute Gasteiger partial charge is 0.497 e. The van der Waals surface area contributed by atoms with E-state index in [1.165, 1.54) is 12.1 Å². The minimum absolute atomic E-state index is 0.0326. The zero-order valence-corrected chi connectivity index (χ0v) is 13.0. The van der Waals surface area contributed by atoms with E-state index in [0.717, 1.165) is 28.4 Å². The van der Waals surface area contributed by atoms with Crippen molar-refractivity contribution in [2.24, 2.45) is 0 Å². The van der Waals surface area contributed by atoms with E-state index in [-0.39, 0.29) is 11.9 Å². The van der Waals surface area contributed by atoms with Crippen LogP contribution in [0.15, 0.2) is 60.8 Å². The van der Waals surface area contributed by atoms with Crippen LogP contribution >= 0.6 is 0 Å². The number of methoxy groups -OCH3 is 1. The summed E-state index contributed by atoms with van der Waals surface area (Å²) in [5.74, 6) is 0.605. The zero-order valence-electron chi connectivity index (χ0n) is 13.0. The van der Waals surface area contributed by atoms with Gasteiger partial charge < -0.3 is 14.2 Å². The lowest BCUT2D eigenvalue weighted by Crippen LogP contribution is -2.31. The van der Waals surface area contributed by atoms with Gasteiger partial charge in [-0.05, 0) is 42.0 Å². The predicted octanol–water partition coefficient (Wildman–Crippen LogP) is 4.16. The average Bonchev–Trinajstić information content (AvgIpc) is 3.05. The highest BCUT2D eigenvalue weighted by Crippen LogP contribution is 2.42. The number of benzene rings is 2. The molecule has 1 atom stereocenters. The summed E-state index contributed by atoms with van der Waals surface area (Å²) < 4.78 is 20.8. The van der Waals surface area contributed by atoms with E-state index >= 15 is 0 Å². The van der Waals surface area contributed by atoms with Gasteiger partial charge in [0.25, 0.3) is 0 Å². The Hall–Kier alpha value is -2.75. The molecule has 0 saturated heterocycles. The first-order valence-electron chi connectivity index (χ1n) is 7.53. The first-order valence-corrected chi connectivity index (χ1v) is 7.53. The molecular formula is C19H17FN2O. The van der Waals surface area contributed by atoms with E-state index in [2.05, 4.69) is 34.8 Å². The molecule has 2 aromatic carbocycles. The Morgan fingerprint density at radius 1 is 1.00 bits per heavy atom. The summed E-state index contributed by atoms with van der Waals surface area (Å²) in [6.45, 7) is 0. The summed E-state index contributed by atoms with van der Waals surface area (Å²) in [6, 6.07) is 17.0. The molecular weight excluding hydrogens is 290 g/mol. The van der Waals surface area contributed by atoms with Gasteiger partial charge in [0.05, 0.1) is 24.5 Å². The van der Waals surface area contributed by atoms with Gasteiger partial charge in [0.2, 0.25) is 0 Å². The van der Waals surface area contributed by atoms with Crippen LogP contribution < -0.4 is 9.64 Å². The second kappa shape index (κ2) is 5.16. The summed E-state index contributed by atoms with van der Waals surface area (Å²) in [6.07, 6.45) is 2.06. The minimum Gasteiger partial charge on any atom is -0.497 e. The molecule has 0 bridgehead atoms. The SMILES string of the molecule is COc1ccc2c(c1)N(C)C(c1ccc([18F])cc1)c1cccn1-2. The summed E-state index contributed by atoms with van der Waals surface area (Å²) in [7, 11) is 3.73. The summed E-state index contributed by atoms with van der Waals surface area (Å²) in [5, 5.41) is 0. The molecule has 3 aromatic rings. The fourth-order valence-electron chi connectivity index (χ4n) is 3.33. The molecule has 4 rings (SSSR count). The zero-order chi connectivity index (χ0) is 16.0. The third kappa shape index (κ3) is 2.10. The molecule has 0 amide bonds.